The molecule has 0 spiro atoms. The van der Waals surface area contributed by atoms with E-state index in [-0.39, 0.29) is 11.9 Å². The maximum Gasteiger partial charge on any atom is 0.328 e. The Kier molecular flexibility index (Phi) is 3.76. The van der Waals surface area contributed by atoms with Crippen LogP contribution in [0.2, 0.25) is 0 Å². The highest BCUT2D eigenvalue weighted by molar-refractivity contribution is 6.09. The monoisotopic (exact) mass is 326 g/mol. The largest absolute Gasteiger partial charge is 0.344 e. The van der Waals surface area contributed by atoms with Crippen LogP contribution in [-0.2, 0) is 4.79 Å². The van der Waals surface area contributed by atoms with Gasteiger partial charge in [-0.05, 0) is 56.6 Å². The lowest BCUT2D eigenvalue weighted by Gasteiger charge is -2.28. The quantitative estimate of drug-likeness (QED) is 0.890. The Morgan fingerprint density at radius 3 is 2.71 bits per heavy atom. The second-order valence-corrected chi connectivity index (χ2v) is 6.68. The van der Waals surface area contributed by atoms with Crippen molar-refractivity contribution in [2.75, 3.05) is 24.5 Å². The number of nitrogens with zero attached hydrogens (tertiary/aromatic N) is 2. The fraction of sp³-hybridized carbons (Fsp3) is 0.444. The van der Waals surface area contributed by atoms with Crippen LogP contribution in [-0.4, -0.2) is 36.1 Å². The number of carbonyl (C=O) groups excluding carboxylic acids is 2. The molecular formula is C18H22N4O2. The Labute approximate surface area is 140 Å². The molecule has 2 aliphatic heterocycles. The molecule has 0 atom stereocenters. The minimum absolute atomic E-state index is 0.201. The highest BCUT2D eigenvalue weighted by Crippen LogP contribution is 2.33. The van der Waals surface area contributed by atoms with Gasteiger partial charge in [-0.25, -0.2) is 4.79 Å². The molecule has 2 saturated heterocycles. The predicted molar refractivity (Wildman–Crippen MR) is 93.3 cm³/mol. The zero-order valence-electron chi connectivity index (χ0n) is 13.8. The summed E-state index contributed by atoms with van der Waals surface area (Å²) >= 11 is 0. The van der Waals surface area contributed by atoms with Gasteiger partial charge < -0.3 is 9.88 Å². The number of nitrogens with one attached hydrogen (secondary N) is 2. The Bertz CT molecular complexity index is 805. The number of fused-ring (bicyclic) bond motifs is 1. The molecule has 3 amide bonds. The van der Waals surface area contributed by atoms with Gasteiger partial charge in [0.25, 0.3) is 0 Å². The second kappa shape index (κ2) is 5.94. The van der Waals surface area contributed by atoms with E-state index in [0.717, 1.165) is 42.6 Å². The lowest BCUT2D eigenvalue weighted by molar-refractivity contribution is -0.120. The highest BCUT2D eigenvalue weighted by Gasteiger charge is 2.27. The van der Waals surface area contributed by atoms with E-state index in [2.05, 4.69) is 40.5 Å². The average Bonchev–Trinajstić information content (AvgIpc) is 2.99. The zero-order chi connectivity index (χ0) is 16.7. The molecule has 6 heteroatoms. The number of aryl methyl sites for hydroxylation is 1. The molecule has 0 radical (unpaired) electrons. The summed E-state index contributed by atoms with van der Waals surface area (Å²) in [6.45, 7) is 4.57. The van der Waals surface area contributed by atoms with Crippen LogP contribution < -0.4 is 15.5 Å². The number of imide groups is 1. The molecule has 2 fully saturated rings. The number of anilines is 1. The van der Waals surface area contributed by atoms with Gasteiger partial charge in [0.2, 0.25) is 5.91 Å². The Hall–Kier alpha value is -2.34. The van der Waals surface area contributed by atoms with Crippen molar-refractivity contribution >= 4 is 28.5 Å². The van der Waals surface area contributed by atoms with Gasteiger partial charge in [0.05, 0.1) is 11.2 Å². The third kappa shape index (κ3) is 2.57. The zero-order valence-corrected chi connectivity index (χ0v) is 13.8. The lowest BCUT2D eigenvalue weighted by atomic mass is 10.1. The summed E-state index contributed by atoms with van der Waals surface area (Å²) in [7, 11) is 0. The van der Waals surface area contributed by atoms with Gasteiger partial charge in [-0.2, -0.15) is 0 Å². The maximum atomic E-state index is 12.2. The Morgan fingerprint density at radius 2 is 1.96 bits per heavy atom. The molecule has 0 saturated carbocycles. The van der Waals surface area contributed by atoms with Crippen LogP contribution in [0.4, 0.5) is 10.5 Å². The molecule has 2 N–H and O–H groups in total. The van der Waals surface area contributed by atoms with Gasteiger partial charge in [0.1, 0.15) is 0 Å². The van der Waals surface area contributed by atoms with Crippen LogP contribution in [0, 0.1) is 6.92 Å². The normalized spacial score (nSPS) is 19.8. The smallest absolute Gasteiger partial charge is 0.328 e. The summed E-state index contributed by atoms with van der Waals surface area (Å²) in [6, 6.07) is 6.48. The van der Waals surface area contributed by atoms with E-state index in [9.17, 15) is 9.59 Å². The first kappa shape index (κ1) is 15.2. The molecule has 0 aliphatic carbocycles. The lowest BCUT2D eigenvalue weighted by Crippen LogP contribution is -2.49. The molecule has 2 aromatic rings. The topological polar surface area (TPSA) is 66.4 Å². The summed E-state index contributed by atoms with van der Waals surface area (Å²) < 4.78 is 2.35. The molecule has 2 aliphatic rings. The minimum atomic E-state index is -0.326. The van der Waals surface area contributed by atoms with Crippen molar-refractivity contribution in [3.05, 3.63) is 30.0 Å². The van der Waals surface area contributed by atoms with Crippen molar-refractivity contribution in [2.24, 2.45) is 0 Å². The standard InChI is InChI=1S/C18H22N4O2/c1-12-10-15-14(4-8-21(15)13-2-6-19-7-3-13)16(11-12)22-9-5-17(23)20-18(22)24/h4,8,10-11,13,19H,2-3,5-7,9H2,1H3,(H,20,23,24). The van der Waals surface area contributed by atoms with E-state index < -0.39 is 0 Å². The summed E-state index contributed by atoms with van der Waals surface area (Å²) in [6.07, 6.45) is 4.71. The maximum absolute atomic E-state index is 12.2. The van der Waals surface area contributed by atoms with E-state index in [1.54, 1.807) is 4.90 Å². The van der Waals surface area contributed by atoms with E-state index in [0.29, 0.717) is 19.0 Å². The van der Waals surface area contributed by atoms with Crippen LogP contribution in [0.5, 0.6) is 0 Å². The van der Waals surface area contributed by atoms with Crippen LogP contribution in [0.1, 0.15) is 30.9 Å². The molecule has 6 nitrogen and oxygen atoms in total. The molecule has 3 heterocycles. The molecule has 1 aromatic carbocycles. The molecule has 4 rings (SSSR count). The molecule has 24 heavy (non-hydrogen) atoms. The molecule has 1 aromatic heterocycles. The first-order valence-electron chi connectivity index (χ1n) is 8.57. The van der Waals surface area contributed by atoms with Gasteiger partial charge >= 0.3 is 6.03 Å². The van der Waals surface area contributed by atoms with Gasteiger partial charge in [0.15, 0.2) is 0 Å². The number of hydrogen-bond acceptors (Lipinski definition) is 3. The van der Waals surface area contributed by atoms with Gasteiger partial charge in [0, 0.05) is 30.6 Å². The van der Waals surface area contributed by atoms with Gasteiger partial charge in [-0.15, -0.1) is 0 Å². The van der Waals surface area contributed by atoms with Crippen molar-refractivity contribution in [1.29, 1.82) is 0 Å². The van der Waals surface area contributed by atoms with Gasteiger partial charge in [-0.1, -0.05) is 0 Å². The van der Waals surface area contributed by atoms with Crippen molar-refractivity contribution in [1.82, 2.24) is 15.2 Å². The van der Waals surface area contributed by atoms with Crippen LogP contribution >= 0.6 is 0 Å². The van der Waals surface area contributed by atoms with E-state index in [1.807, 2.05) is 6.07 Å². The molecule has 0 unspecified atom stereocenters. The highest BCUT2D eigenvalue weighted by atomic mass is 16.2. The van der Waals surface area contributed by atoms with Crippen molar-refractivity contribution in [2.45, 2.75) is 32.2 Å². The summed E-state index contributed by atoms with van der Waals surface area (Å²) in [5.74, 6) is -0.201. The first-order chi connectivity index (χ1) is 11.6. The number of rotatable bonds is 2. The third-order valence-electron chi connectivity index (χ3n) is 5.01. The van der Waals surface area contributed by atoms with Crippen molar-refractivity contribution in [3.63, 3.8) is 0 Å². The van der Waals surface area contributed by atoms with Crippen LogP contribution in [0.3, 0.4) is 0 Å². The summed E-state index contributed by atoms with van der Waals surface area (Å²) in [4.78, 5) is 25.4. The number of urea groups is 1. The number of hydrogen-bond donors (Lipinski definition) is 2. The second-order valence-electron chi connectivity index (χ2n) is 6.68. The predicted octanol–water partition coefficient (Wildman–Crippen LogP) is 2.32. The summed E-state index contributed by atoms with van der Waals surface area (Å²) in [5.41, 5.74) is 3.18. The van der Waals surface area contributed by atoms with Gasteiger partial charge in [-0.3, -0.25) is 15.0 Å². The molecule has 126 valence electrons. The average molecular weight is 326 g/mol. The Balaban J connectivity index is 1.78. The SMILES string of the molecule is Cc1cc(N2CCC(=O)NC2=O)c2ccn(C3CCNCC3)c2c1. The number of piperidine rings is 1. The first-order valence-corrected chi connectivity index (χ1v) is 8.57. The minimum Gasteiger partial charge on any atom is -0.344 e. The van der Waals surface area contributed by atoms with Crippen LogP contribution in [0.25, 0.3) is 10.9 Å². The Morgan fingerprint density at radius 1 is 1.17 bits per heavy atom. The number of aromatic nitrogens is 1. The van der Waals surface area contributed by atoms with E-state index in [4.69, 9.17) is 0 Å². The third-order valence-corrected chi connectivity index (χ3v) is 5.01. The number of amides is 3. The van der Waals surface area contributed by atoms with Crippen molar-refractivity contribution in [3.8, 4) is 0 Å². The number of carbonyl (C=O) groups is 2. The molecule has 0 bridgehead atoms. The number of benzene rings is 1. The fourth-order valence-electron chi connectivity index (χ4n) is 3.80. The van der Waals surface area contributed by atoms with Crippen LogP contribution in [0.15, 0.2) is 24.4 Å². The fourth-order valence-corrected chi connectivity index (χ4v) is 3.80. The summed E-state index contributed by atoms with van der Waals surface area (Å²) in [5, 5.41) is 6.89. The van der Waals surface area contributed by atoms with Crippen molar-refractivity contribution < 1.29 is 9.59 Å². The molecular weight excluding hydrogens is 304 g/mol. The van der Waals surface area contributed by atoms with E-state index in [1.165, 1.54) is 5.52 Å². The van der Waals surface area contributed by atoms with E-state index >= 15 is 0 Å².